The highest BCUT2D eigenvalue weighted by Gasteiger charge is 2.44. The number of anilines is 1. The lowest BCUT2D eigenvalue weighted by molar-refractivity contribution is -0.144. The maximum absolute atomic E-state index is 17.1. The maximum Gasteiger partial charge on any atom is 0.319 e. The normalized spacial score (nSPS) is 17.8. The molecule has 3 aliphatic rings. The number of aromatic nitrogens is 3. The van der Waals surface area contributed by atoms with Gasteiger partial charge in [0.2, 0.25) is 23.6 Å². The van der Waals surface area contributed by atoms with E-state index in [-0.39, 0.29) is 84.7 Å². The number of rotatable bonds is 23. The van der Waals surface area contributed by atoms with E-state index in [9.17, 15) is 29.4 Å². The van der Waals surface area contributed by atoms with Crippen molar-refractivity contribution in [2.45, 2.75) is 90.7 Å². The van der Waals surface area contributed by atoms with E-state index in [1.54, 1.807) is 28.4 Å². The summed E-state index contributed by atoms with van der Waals surface area (Å²) in [5.74, 6) is -1.74. The van der Waals surface area contributed by atoms with Gasteiger partial charge in [0.15, 0.2) is 5.82 Å². The summed E-state index contributed by atoms with van der Waals surface area (Å²) in [7, 11) is 0. The Morgan fingerprint density at radius 3 is 2.38 bits per heavy atom. The Morgan fingerprint density at radius 2 is 1.67 bits per heavy atom. The number of hydrogen-bond acceptors (Lipinski definition) is 16. The fraction of sp³-hybridized carbons (Fsp3) is 0.468. The van der Waals surface area contributed by atoms with Crippen LogP contribution in [-0.4, -0.2) is 186 Å². The molecular weight excluding hydrogens is 1120 g/mol. The minimum atomic E-state index is -0.982. The molecular formula is C62H75ClFN9O10S. The summed E-state index contributed by atoms with van der Waals surface area (Å²) < 4.78 is 41.0. The molecule has 6 aromatic rings. The minimum absolute atomic E-state index is 0.000600. The SMILES string of the molecule is C=CC(=O)N1CCN(c2nc(O[C@H](C)CN3CCC(OCCOCCOCC(=O)N[C@H](C(=O)N4C[C@@H](O)C[C@H]4C(=O)NCCc4ccc(-c5scnc5C)cc4)C(C)(C)C)CC3)nc3c(F)c(-c4cc(O)cc5ccccc45)c(Cl)cc23)CC1. The number of carbonyl (C=O) groups excluding carboxylic acids is 4. The van der Waals surface area contributed by atoms with Gasteiger partial charge in [0, 0.05) is 76.3 Å². The highest BCUT2D eigenvalue weighted by molar-refractivity contribution is 7.13. The molecule has 0 bridgehead atoms. The van der Waals surface area contributed by atoms with Crippen LogP contribution in [0.25, 0.3) is 43.2 Å². The predicted molar refractivity (Wildman–Crippen MR) is 322 cm³/mol. The van der Waals surface area contributed by atoms with Gasteiger partial charge in [0.05, 0.1) is 59.7 Å². The van der Waals surface area contributed by atoms with E-state index in [4.69, 9.17) is 35.5 Å². The second-order valence-corrected chi connectivity index (χ2v) is 24.0. The number of aryl methyl sites for hydroxylation is 1. The van der Waals surface area contributed by atoms with Gasteiger partial charge in [0.1, 0.15) is 41.9 Å². The molecule has 4 aromatic carbocycles. The van der Waals surface area contributed by atoms with Crippen molar-refractivity contribution < 1.29 is 52.7 Å². The van der Waals surface area contributed by atoms with Gasteiger partial charge >= 0.3 is 6.01 Å². The topological polar surface area (TPSA) is 221 Å². The van der Waals surface area contributed by atoms with E-state index in [0.717, 1.165) is 53.0 Å². The molecule has 5 heterocycles. The zero-order valence-electron chi connectivity index (χ0n) is 48.3. The molecule has 0 unspecified atom stereocenters. The molecule has 0 radical (unpaired) electrons. The van der Waals surface area contributed by atoms with Gasteiger partial charge in [-0.1, -0.05) is 87.5 Å². The van der Waals surface area contributed by atoms with E-state index in [1.807, 2.05) is 93.6 Å². The number of piperazine rings is 1. The molecule has 0 saturated carbocycles. The first-order chi connectivity index (χ1) is 40.3. The van der Waals surface area contributed by atoms with Gasteiger partial charge in [-0.25, -0.2) is 9.37 Å². The first kappa shape index (κ1) is 61.7. The number of ether oxygens (including phenoxy) is 4. The van der Waals surface area contributed by atoms with Crippen molar-refractivity contribution in [1.29, 1.82) is 0 Å². The molecule has 3 aliphatic heterocycles. The van der Waals surface area contributed by atoms with Gasteiger partial charge in [-0.2, -0.15) is 9.97 Å². The second kappa shape index (κ2) is 27.9. The van der Waals surface area contributed by atoms with Crippen molar-refractivity contribution in [2.24, 2.45) is 5.41 Å². The number of hydrogen-bond donors (Lipinski definition) is 4. The number of aliphatic hydroxyl groups excluding tert-OH is 1. The number of fused-ring (bicyclic) bond motifs is 2. The van der Waals surface area contributed by atoms with Crippen LogP contribution >= 0.6 is 22.9 Å². The molecule has 22 heteroatoms. The molecule has 3 saturated heterocycles. The first-order valence-corrected chi connectivity index (χ1v) is 29.9. The van der Waals surface area contributed by atoms with E-state index in [1.165, 1.54) is 17.0 Å². The molecule has 448 valence electrons. The fourth-order valence-corrected chi connectivity index (χ4v) is 12.2. The summed E-state index contributed by atoms with van der Waals surface area (Å²) >= 11 is 8.52. The summed E-state index contributed by atoms with van der Waals surface area (Å²) in [4.78, 5) is 75.4. The van der Waals surface area contributed by atoms with Crippen LogP contribution in [0.2, 0.25) is 5.02 Å². The van der Waals surface area contributed by atoms with Crippen LogP contribution in [0.1, 0.15) is 58.2 Å². The van der Waals surface area contributed by atoms with Crippen molar-refractivity contribution in [3.63, 3.8) is 0 Å². The van der Waals surface area contributed by atoms with E-state index in [2.05, 4.69) is 32.1 Å². The number of benzene rings is 4. The van der Waals surface area contributed by atoms with Gasteiger partial charge in [-0.15, -0.1) is 11.3 Å². The molecule has 4 amide bonds. The summed E-state index contributed by atoms with van der Waals surface area (Å²) in [6.07, 6.45) is 2.31. The molecule has 0 spiro atoms. The number of phenols is 1. The molecule has 2 aromatic heterocycles. The highest BCUT2D eigenvalue weighted by atomic mass is 35.5. The Bertz CT molecular complexity index is 3310. The fourth-order valence-electron chi connectivity index (χ4n) is 11.1. The van der Waals surface area contributed by atoms with Gasteiger partial charge in [-0.05, 0) is 90.3 Å². The van der Waals surface area contributed by atoms with Crippen LogP contribution in [0.15, 0.2) is 84.9 Å². The number of amides is 4. The van der Waals surface area contributed by atoms with Crippen LogP contribution in [0, 0.1) is 18.2 Å². The molecule has 3 fully saturated rings. The van der Waals surface area contributed by atoms with Gasteiger partial charge < -0.3 is 54.5 Å². The largest absolute Gasteiger partial charge is 0.508 e. The van der Waals surface area contributed by atoms with E-state index < -0.39 is 41.2 Å². The maximum atomic E-state index is 17.1. The average Bonchev–Trinajstić information content (AvgIpc) is 1.57. The van der Waals surface area contributed by atoms with Crippen LogP contribution in [0.5, 0.6) is 11.8 Å². The van der Waals surface area contributed by atoms with E-state index >= 15 is 4.39 Å². The number of piperidine rings is 1. The number of aromatic hydroxyl groups is 1. The lowest BCUT2D eigenvalue weighted by Crippen LogP contribution is -2.58. The van der Waals surface area contributed by atoms with Crippen LogP contribution in [0.3, 0.4) is 0 Å². The van der Waals surface area contributed by atoms with Crippen molar-refractivity contribution >= 4 is 74.1 Å². The number of nitrogens with one attached hydrogen (secondary N) is 2. The quantitative estimate of drug-likeness (QED) is 0.0364. The monoisotopic (exact) mass is 1190 g/mol. The highest BCUT2D eigenvalue weighted by Crippen LogP contribution is 2.43. The summed E-state index contributed by atoms with van der Waals surface area (Å²) in [5.41, 5.74) is 4.76. The number of aliphatic hydroxyl groups is 1. The van der Waals surface area contributed by atoms with Crippen molar-refractivity contribution in [1.82, 2.24) is 40.3 Å². The Hall–Kier alpha value is -6.85. The van der Waals surface area contributed by atoms with Crippen LogP contribution < -0.4 is 20.3 Å². The molecule has 4 atom stereocenters. The second-order valence-electron chi connectivity index (χ2n) is 22.7. The number of carbonyl (C=O) groups is 4. The third-order valence-corrected chi connectivity index (χ3v) is 16.8. The first-order valence-electron chi connectivity index (χ1n) is 28.6. The Labute approximate surface area is 498 Å². The number of halogens is 2. The van der Waals surface area contributed by atoms with Crippen LogP contribution in [-0.2, 0) is 39.8 Å². The van der Waals surface area contributed by atoms with Gasteiger partial charge in [0.25, 0.3) is 0 Å². The lowest BCUT2D eigenvalue weighted by atomic mass is 9.85. The standard InChI is InChI=1S/C62H75ClFN9O10S/c1-7-52(77)71-22-24-72(25-23-71)58-48-33-49(63)53(47-31-43(74)30-42-10-8-9-11-46(42)47)54(64)55(48)68-61(69-58)83-38(2)34-70-20-17-45(18-21-70)82-29-28-80-26-27-81-36-51(76)67-57(62(4,5)6)60(79)73-35-44(75)32-50(73)59(78)65-19-16-40-12-14-41(15-13-40)56-39(3)66-37-84-56/h7-15,30-31,33,37-38,44-45,50,57,74-75H,1,16-29,32,34-36H2,2-6H3,(H,65,78)(H,67,76)/t38-,44+,50+,57-/m1/s1. The van der Waals surface area contributed by atoms with Crippen LogP contribution in [0.4, 0.5) is 10.2 Å². The number of thiazole rings is 1. The third-order valence-electron chi connectivity index (χ3n) is 15.5. The number of β-amino-alcohol motifs (C(OH)–C–C–N with tert-alkyl or cyclic N) is 1. The number of nitrogens with zero attached hydrogens (tertiary/aromatic N) is 7. The Balaban J connectivity index is 0.697. The number of phenolic OH excluding ortho intramolecular Hbond substituents is 1. The van der Waals surface area contributed by atoms with E-state index in [0.29, 0.717) is 81.1 Å². The number of likely N-dealkylation sites (tertiary alicyclic amines) is 2. The van der Waals surface area contributed by atoms with Crippen molar-refractivity contribution in [3.8, 4) is 33.3 Å². The molecule has 0 aliphatic carbocycles. The lowest BCUT2D eigenvalue weighted by Gasteiger charge is -2.35. The summed E-state index contributed by atoms with van der Waals surface area (Å²) in [6, 6.07) is 18.4. The minimum Gasteiger partial charge on any atom is -0.508 e. The third kappa shape index (κ3) is 15.1. The van der Waals surface area contributed by atoms with Gasteiger partial charge in [-0.3, -0.25) is 24.1 Å². The molecule has 19 nitrogen and oxygen atoms in total. The molecule has 84 heavy (non-hydrogen) atoms. The zero-order valence-corrected chi connectivity index (χ0v) is 49.9. The zero-order chi connectivity index (χ0) is 59.7. The van der Waals surface area contributed by atoms with Crippen molar-refractivity contribution in [2.75, 3.05) is 96.8 Å². The average molecular weight is 1190 g/mol. The molecule has 9 rings (SSSR count). The Morgan fingerprint density at radius 1 is 0.940 bits per heavy atom. The predicted octanol–water partition coefficient (Wildman–Crippen LogP) is 7.35. The Kier molecular flexibility index (Phi) is 20.5. The summed E-state index contributed by atoms with van der Waals surface area (Å²) in [6.45, 7) is 17.8. The van der Waals surface area contributed by atoms with Crippen molar-refractivity contribution in [3.05, 3.63) is 107 Å². The smallest absolute Gasteiger partial charge is 0.319 e. The molecule has 4 N–H and O–H groups in total. The summed E-state index contributed by atoms with van der Waals surface area (Å²) in [5, 5.41) is 29.0.